The summed E-state index contributed by atoms with van der Waals surface area (Å²) in [6.07, 6.45) is 13.8. The molecule has 0 aromatic rings. The first-order chi connectivity index (χ1) is 8.86. The maximum Gasteiger partial charge on any atom is 0.0576 e. The molecule has 0 amide bonds. The van der Waals surface area contributed by atoms with Crippen molar-refractivity contribution in [2.24, 2.45) is 0 Å². The van der Waals surface area contributed by atoms with E-state index in [9.17, 15) is 0 Å². The van der Waals surface area contributed by atoms with E-state index in [-0.39, 0.29) is 0 Å². The lowest BCUT2D eigenvalue weighted by Gasteiger charge is -2.29. The molecule has 1 rings (SSSR count). The molecule has 0 unspecified atom stereocenters. The molecule has 0 aliphatic heterocycles. The second kappa shape index (κ2) is 10.8. The van der Waals surface area contributed by atoms with E-state index < -0.39 is 0 Å². The number of unbranched alkanes of at least 4 members (excludes halogenated alkanes) is 5. The summed E-state index contributed by atoms with van der Waals surface area (Å²) >= 11 is 0. The molecule has 1 N–H and O–H groups in total. The minimum Gasteiger partial charge on any atom is -0.378 e. The van der Waals surface area contributed by atoms with E-state index in [1.807, 2.05) is 0 Å². The predicted molar refractivity (Wildman–Crippen MR) is 79.0 cm³/mol. The van der Waals surface area contributed by atoms with Gasteiger partial charge in [0.1, 0.15) is 0 Å². The molecule has 0 saturated heterocycles. The van der Waals surface area contributed by atoms with Crippen molar-refractivity contribution in [2.45, 2.75) is 90.2 Å². The lowest BCUT2D eigenvalue weighted by molar-refractivity contribution is 0.0206. The number of hydrogen-bond donors (Lipinski definition) is 1. The summed E-state index contributed by atoms with van der Waals surface area (Å²) in [5, 5.41) is 3.55. The molecule has 2 nitrogen and oxygen atoms in total. The summed E-state index contributed by atoms with van der Waals surface area (Å²) in [6.45, 7) is 6.56. The van der Waals surface area contributed by atoms with E-state index in [1.54, 1.807) is 0 Å². The number of ether oxygens (including phenoxy) is 1. The molecule has 0 bridgehead atoms. The summed E-state index contributed by atoms with van der Waals surface area (Å²) in [5.41, 5.74) is 0. The maximum atomic E-state index is 5.99. The third-order valence-electron chi connectivity index (χ3n) is 4.02. The fourth-order valence-electron chi connectivity index (χ4n) is 2.85. The van der Waals surface area contributed by atoms with Gasteiger partial charge in [-0.3, -0.25) is 0 Å². The SMILES string of the molecule is CCCCCCCCOC1CCC(NCC)CC1. The quantitative estimate of drug-likeness (QED) is 0.588. The second-order valence-electron chi connectivity index (χ2n) is 5.67. The van der Waals surface area contributed by atoms with Crippen molar-refractivity contribution < 1.29 is 4.74 Å². The Morgan fingerprint density at radius 3 is 2.22 bits per heavy atom. The van der Waals surface area contributed by atoms with Gasteiger partial charge in [-0.15, -0.1) is 0 Å². The molecule has 0 spiro atoms. The molecule has 18 heavy (non-hydrogen) atoms. The average Bonchev–Trinajstić information content (AvgIpc) is 2.40. The fraction of sp³-hybridized carbons (Fsp3) is 1.00. The summed E-state index contributed by atoms with van der Waals surface area (Å²) in [7, 11) is 0. The lowest BCUT2D eigenvalue weighted by atomic mass is 9.93. The Kier molecular flexibility index (Phi) is 9.59. The van der Waals surface area contributed by atoms with Crippen molar-refractivity contribution >= 4 is 0 Å². The smallest absolute Gasteiger partial charge is 0.0576 e. The molecule has 1 aliphatic rings. The van der Waals surface area contributed by atoms with E-state index in [1.165, 1.54) is 64.2 Å². The monoisotopic (exact) mass is 255 g/mol. The predicted octanol–water partition coefficient (Wildman–Crippen LogP) is 4.28. The zero-order valence-electron chi connectivity index (χ0n) is 12.5. The van der Waals surface area contributed by atoms with Gasteiger partial charge in [-0.1, -0.05) is 46.0 Å². The van der Waals surface area contributed by atoms with E-state index in [0.29, 0.717) is 6.10 Å². The third kappa shape index (κ3) is 7.38. The lowest BCUT2D eigenvalue weighted by Crippen LogP contribution is -2.35. The van der Waals surface area contributed by atoms with Crippen molar-refractivity contribution in [1.82, 2.24) is 5.32 Å². The second-order valence-corrected chi connectivity index (χ2v) is 5.67. The van der Waals surface area contributed by atoms with Crippen LogP contribution in [0.25, 0.3) is 0 Å². The molecular formula is C16H33NO. The molecule has 1 fully saturated rings. The minimum atomic E-state index is 0.551. The minimum absolute atomic E-state index is 0.551. The fourth-order valence-corrected chi connectivity index (χ4v) is 2.85. The molecule has 2 heteroatoms. The van der Waals surface area contributed by atoms with Crippen LogP contribution in [0.15, 0.2) is 0 Å². The number of nitrogens with one attached hydrogen (secondary N) is 1. The summed E-state index contributed by atoms with van der Waals surface area (Å²) in [6, 6.07) is 0.754. The van der Waals surface area contributed by atoms with Gasteiger partial charge in [-0.2, -0.15) is 0 Å². The molecule has 1 saturated carbocycles. The Morgan fingerprint density at radius 1 is 0.889 bits per heavy atom. The third-order valence-corrected chi connectivity index (χ3v) is 4.02. The Bertz CT molecular complexity index is 176. The Hall–Kier alpha value is -0.0800. The average molecular weight is 255 g/mol. The molecule has 0 atom stereocenters. The standard InChI is InChI=1S/C16H33NO/c1-3-5-6-7-8-9-14-18-16-12-10-15(11-13-16)17-4-2/h15-17H,3-14H2,1-2H3. The Morgan fingerprint density at radius 2 is 1.56 bits per heavy atom. The van der Waals surface area contributed by atoms with E-state index in [4.69, 9.17) is 4.74 Å². The number of rotatable bonds is 10. The van der Waals surface area contributed by atoms with Gasteiger partial charge in [0, 0.05) is 12.6 Å². The first-order valence-corrected chi connectivity index (χ1v) is 8.21. The van der Waals surface area contributed by atoms with Crippen molar-refractivity contribution in [3.63, 3.8) is 0 Å². The molecule has 1 aliphatic carbocycles. The molecule has 0 heterocycles. The first kappa shape index (κ1) is 16.0. The molecule has 108 valence electrons. The highest BCUT2D eigenvalue weighted by atomic mass is 16.5. The van der Waals surface area contributed by atoms with Crippen LogP contribution in [0.2, 0.25) is 0 Å². The summed E-state index contributed by atoms with van der Waals surface area (Å²) < 4.78 is 5.99. The first-order valence-electron chi connectivity index (χ1n) is 8.21. The van der Waals surface area contributed by atoms with Gasteiger partial charge in [0.05, 0.1) is 6.10 Å². The van der Waals surface area contributed by atoms with Crippen LogP contribution in [0.5, 0.6) is 0 Å². The van der Waals surface area contributed by atoms with Crippen LogP contribution in [0, 0.1) is 0 Å². The van der Waals surface area contributed by atoms with E-state index in [2.05, 4.69) is 19.2 Å². The van der Waals surface area contributed by atoms with Crippen LogP contribution in [0.4, 0.5) is 0 Å². The normalized spacial score (nSPS) is 24.3. The highest BCUT2D eigenvalue weighted by Gasteiger charge is 2.20. The molecule has 0 radical (unpaired) electrons. The maximum absolute atomic E-state index is 5.99. The zero-order valence-corrected chi connectivity index (χ0v) is 12.5. The highest BCUT2D eigenvalue weighted by molar-refractivity contribution is 4.76. The summed E-state index contributed by atoms with van der Waals surface area (Å²) in [4.78, 5) is 0. The van der Waals surface area contributed by atoms with E-state index >= 15 is 0 Å². The van der Waals surface area contributed by atoms with Crippen molar-refractivity contribution in [3.8, 4) is 0 Å². The van der Waals surface area contributed by atoms with Crippen LogP contribution in [0.3, 0.4) is 0 Å². The van der Waals surface area contributed by atoms with Gasteiger partial charge in [0.15, 0.2) is 0 Å². The summed E-state index contributed by atoms with van der Waals surface area (Å²) in [5.74, 6) is 0. The number of hydrogen-bond acceptors (Lipinski definition) is 2. The van der Waals surface area contributed by atoms with Crippen molar-refractivity contribution in [3.05, 3.63) is 0 Å². The van der Waals surface area contributed by atoms with Gasteiger partial charge in [0.25, 0.3) is 0 Å². The largest absolute Gasteiger partial charge is 0.378 e. The van der Waals surface area contributed by atoms with E-state index in [0.717, 1.165) is 19.2 Å². The zero-order chi connectivity index (χ0) is 13.1. The van der Waals surface area contributed by atoms with Crippen LogP contribution >= 0.6 is 0 Å². The van der Waals surface area contributed by atoms with Gasteiger partial charge < -0.3 is 10.1 Å². The Labute approximate surface area is 114 Å². The highest BCUT2D eigenvalue weighted by Crippen LogP contribution is 2.21. The van der Waals surface area contributed by atoms with Crippen LogP contribution in [0.1, 0.15) is 78.1 Å². The van der Waals surface area contributed by atoms with Crippen LogP contribution < -0.4 is 5.32 Å². The van der Waals surface area contributed by atoms with Crippen molar-refractivity contribution in [1.29, 1.82) is 0 Å². The Balaban J connectivity index is 1.88. The van der Waals surface area contributed by atoms with Crippen molar-refractivity contribution in [2.75, 3.05) is 13.2 Å². The van der Waals surface area contributed by atoms with Gasteiger partial charge in [0.2, 0.25) is 0 Å². The van der Waals surface area contributed by atoms with Gasteiger partial charge in [-0.05, 0) is 38.6 Å². The van der Waals surface area contributed by atoms with Gasteiger partial charge in [-0.25, -0.2) is 0 Å². The molecular weight excluding hydrogens is 222 g/mol. The molecule has 0 aromatic carbocycles. The topological polar surface area (TPSA) is 21.3 Å². The van der Waals surface area contributed by atoms with Gasteiger partial charge >= 0.3 is 0 Å². The van der Waals surface area contributed by atoms with Crippen LogP contribution in [-0.4, -0.2) is 25.3 Å². The molecule has 0 aromatic heterocycles. The van der Waals surface area contributed by atoms with Crippen LogP contribution in [-0.2, 0) is 4.74 Å².